The zero-order valence-electron chi connectivity index (χ0n) is 14.0. The summed E-state index contributed by atoms with van der Waals surface area (Å²) in [6.45, 7) is 1.48. The van der Waals surface area contributed by atoms with Gasteiger partial charge in [-0.2, -0.15) is 13.2 Å². The molecule has 2 aromatic rings. The number of methoxy groups -OCH3 is 1. The second-order valence-corrected chi connectivity index (χ2v) is 7.45. The maximum atomic E-state index is 13.1. The number of ether oxygens (including phenoxy) is 1. The van der Waals surface area contributed by atoms with Crippen LogP contribution in [-0.4, -0.2) is 47.0 Å². The van der Waals surface area contributed by atoms with Crippen molar-refractivity contribution in [2.75, 3.05) is 7.11 Å². The molecule has 28 heavy (non-hydrogen) atoms. The molecule has 1 amide bonds. The van der Waals surface area contributed by atoms with Gasteiger partial charge in [-0.3, -0.25) is 0 Å². The highest BCUT2D eigenvalue weighted by Crippen LogP contribution is 2.40. The van der Waals surface area contributed by atoms with E-state index in [1.807, 2.05) is 0 Å². The van der Waals surface area contributed by atoms with E-state index in [0.29, 0.717) is 5.38 Å². The molecule has 2 N–H and O–H groups in total. The van der Waals surface area contributed by atoms with Gasteiger partial charge in [0, 0.05) is 11.9 Å². The molecule has 0 spiro atoms. The number of carbonyl (C=O) groups is 2. The van der Waals surface area contributed by atoms with Crippen LogP contribution in [0, 0.1) is 0 Å². The molecule has 2 heterocycles. The van der Waals surface area contributed by atoms with Crippen molar-refractivity contribution in [3.8, 4) is 6.01 Å². The summed E-state index contributed by atoms with van der Waals surface area (Å²) < 4.78 is 70.8. The number of nitrogens with zero attached hydrogens (tertiary/aromatic N) is 3. The first-order chi connectivity index (χ1) is 12.8. The Morgan fingerprint density at radius 3 is 2.43 bits per heavy atom. The minimum atomic E-state index is -5.33. The number of carboxylic acid groups (broad SMARTS) is 1. The van der Waals surface area contributed by atoms with Crippen LogP contribution in [0.3, 0.4) is 0 Å². The second-order valence-electron chi connectivity index (χ2n) is 4.95. The first kappa shape index (κ1) is 21.4. The summed E-state index contributed by atoms with van der Waals surface area (Å²) >= 11 is -0.166. The van der Waals surface area contributed by atoms with Crippen molar-refractivity contribution in [2.24, 2.45) is 0 Å². The number of aromatic carboxylic acids is 1. The normalized spacial score (nSPS) is 12.0. The molecule has 2 rings (SSSR count). The van der Waals surface area contributed by atoms with Crippen molar-refractivity contribution in [3.63, 3.8) is 0 Å². The van der Waals surface area contributed by atoms with Crippen LogP contribution in [0.2, 0.25) is 0 Å². The lowest BCUT2D eigenvalue weighted by atomic mass is 10.3. The smallest absolute Gasteiger partial charge is 0.426 e. The zero-order chi connectivity index (χ0) is 21.4. The SMILES string of the molecule is CCn1c(OC)nn(C(=O)NS(=O)(=O)c2c(C(=O)O)csc2C(F)(F)F)c1=O. The number of thiophene rings is 1. The fourth-order valence-corrected chi connectivity index (χ4v) is 4.67. The summed E-state index contributed by atoms with van der Waals surface area (Å²) in [5.41, 5.74) is -2.30. The van der Waals surface area contributed by atoms with E-state index in [0.717, 1.165) is 11.7 Å². The number of halogens is 3. The van der Waals surface area contributed by atoms with Crippen LogP contribution in [0.1, 0.15) is 22.2 Å². The molecule has 16 heteroatoms. The van der Waals surface area contributed by atoms with E-state index < -0.39 is 49.2 Å². The van der Waals surface area contributed by atoms with Gasteiger partial charge in [0.15, 0.2) is 0 Å². The number of rotatable bonds is 5. The topological polar surface area (TPSA) is 150 Å². The molecule has 154 valence electrons. The van der Waals surface area contributed by atoms with Gasteiger partial charge in [0.1, 0.15) is 9.77 Å². The summed E-state index contributed by atoms with van der Waals surface area (Å²) in [4.78, 5) is 31.9. The Morgan fingerprint density at radius 2 is 2.00 bits per heavy atom. The van der Waals surface area contributed by atoms with Gasteiger partial charge in [-0.25, -0.2) is 32.1 Å². The van der Waals surface area contributed by atoms with E-state index in [2.05, 4.69) is 5.10 Å². The van der Waals surface area contributed by atoms with Gasteiger partial charge in [0.25, 0.3) is 10.0 Å². The predicted octanol–water partition coefficient (Wildman–Crippen LogP) is 0.798. The second kappa shape index (κ2) is 7.27. The number of sulfonamides is 1. The number of carboxylic acids is 1. The summed E-state index contributed by atoms with van der Waals surface area (Å²) in [5.74, 6) is -1.95. The third kappa shape index (κ3) is 3.72. The number of hydrogen-bond donors (Lipinski definition) is 2. The fourth-order valence-electron chi connectivity index (χ4n) is 2.10. The first-order valence-electron chi connectivity index (χ1n) is 7.08. The quantitative estimate of drug-likeness (QED) is 0.688. The summed E-state index contributed by atoms with van der Waals surface area (Å²) in [7, 11) is -4.21. The van der Waals surface area contributed by atoms with Crippen molar-refractivity contribution in [1.29, 1.82) is 0 Å². The molecule has 2 aromatic heterocycles. The molecule has 0 bridgehead atoms. The fraction of sp³-hybridized carbons (Fsp3) is 0.333. The highest BCUT2D eigenvalue weighted by molar-refractivity contribution is 7.90. The summed E-state index contributed by atoms with van der Waals surface area (Å²) in [6.07, 6.45) is -5.20. The average Bonchev–Trinajstić information content (AvgIpc) is 3.15. The van der Waals surface area contributed by atoms with Crippen molar-refractivity contribution >= 4 is 33.4 Å². The molecule has 0 atom stereocenters. The number of alkyl halides is 3. The number of aromatic nitrogens is 3. The van der Waals surface area contributed by atoms with Gasteiger partial charge in [0.2, 0.25) is 0 Å². The molecule has 0 saturated carbocycles. The minimum Gasteiger partial charge on any atom is -0.478 e. The Morgan fingerprint density at radius 1 is 1.39 bits per heavy atom. The molecule has 0 saturated heterocycles. The molecule has 0 aliphatic rings. The average molecular weight is 444 g/mol. The van der Waals surface area contributed by atoms with Crippen molar-refractivity contribution < 1.29 is 41.0 Å². The lowest BCUT2D eigenvalue weighted by Crippen LogP contribution is -2.41. The van der Waals surface area contributed by atoms with Gasteiger partial charge in [0.05, 0.1) is 12.7 Å². The maximum Gasteiger partial charge on any atom is 0.426 e. The third-order valence-electron chi connectivity index (χ3n) is 3.24. The maximum absolute atomic E-state index is 13.1. The minimum absolute atomic E-state index is 0.00600. The molecule has 0 unspecified atom stereocenters. The first-order valence-corrected chi connectivity index (χ1v) is 9.44. The van der Waals surface area contributed by atoms with E-state index in [1.165, 1.54) is 11.6 Å². The van der Waals surface area contributed by atoms with Gasteiger partial charge >= 0.3 is 29.9 Å². The molecule has 0 aromatic carbocycles. The Balaban J connectivity index is 2.55. The van der Waals surface area contributed by atoms with Gasteiger partial charge in [-0.1, -0.05) is 0 Å². The van der Waals surface area contributed by atoms with Crippen LogP contribution in [0.25, 0.3) is 0 Å². The van der Waals surface area contributed by atoms with E-state index >= 15 is 0 Å². The number of amides is 1. The molecular weight excluding hydrogens is 433 g/mol. The summed E-state index contributed by atoms with van der Waals surface area (Å²) in [6, 6.07) is -2.07. The van der Waals surface area contributed by atoms with Crippen LogP contribution in [0.5, 0.6) is 6.01 Å². The predicted molar refractivity (Wildman–Crippen MR) is 86.1 cm³/mol. The van der Waals surface area contributed by atoms with Crippen LogP contribution < -0.4 is 15.1 Å². The van der Waals surface area contributed by atoms with Gasteiger partial charge in [-0.05, 0) is 6.92 Å². The highest BCUT2D eigenvalue weighted by Gasteiger charge is 2.43. The van der Waals surface area contributed by atoms with Crippen LogP contribution in [0.15, 0.2) is 15.1 Å². The highest BCUT2D eigenvalue weighted by atomic mass is 32.2. The number of carbonyl (C=O) groups excluding carboxylic acids is 1. The molecule has 11 nitrogen and oxygen atoms in total. The van der Waals surface area contributed by atoms with Crippen molar-refractivity contribution in [3.05, 3.63) is 26.3 Å². The lowest BCUT2D eigenvalue weighted by molar-refractivity contribution is -0.136. The Kier molecular flexibility index (Phi) is 5.56. The standard InChI is InChI=1S/C12H11F3N4O7S2/c1-3-18-10(26-2)16-19(11(18)23)9(22)17-28(24,25)6-5(8(20)21)4-27-7(6)12(13,14)15/h4H,3H2,1-2H3,(H,17,22)(H,20,21). The van der Waals surface area contributed by atoms with Crippen LogP contribution in [0.4, 0.5) is 18.0 Å². The lowest BCUT2D eigenvalue weighted by Gasteiger charge is -2.10. The van der Waals surface area contributed by atoms with Crippen molar-refractivity contribution in [1.82, 2.24) is 19.1 Å². The Labute approximate surface area is 158 Å². The monoisotopic (exact) mass is 444 g/mol. The zero-order valence-corrected chi connectivity index (χ0v) is 15.6. The molecule has 0 fully saturated rings. The third-order valence-corrected chi connectivity index (χ3v) is 5.80. The number of hydrogen-bond acceptors (Lipinski definition) is 8. The Bertz CT molecular complexity index is 1100. The van der Waals surface area contributed by atoms with E-state index in [9.17, 15) is 36.0 Å². The van der Waals surface area contributed by atoms with Crippen LogP contribution >= 0.6 is 11.3 Å². The molecule has 0 aliphatic heterocycles. The van der Waals surface area contributed by atoms with E-state index in [1.54, 1.807) is 0 Å². The van der Waals surface area contributed by atoms with Gasteiger partial charge in [-0.15, -0.1) is 21.1 Å². The van der Waals surface area contributed by atoms with Gasteiger partial charge < -0.3 is 9.84 Å². The summed E-state index contributed by atoms with van der Waals surface area (Å²) in [5, 5.41) is 12.9. The van der Waals surface area contributed by atoms with Crippen molar-refractivity contribution in [2.45, 2.75) is 24.5 Å². The van der Waals surface area contributed by atoms with Crippen LogP contribution in [-0.2, 0) is 22.7 Å². The molecule has 0 radical (unpaired) electrons. The molecule has 0 aliphatic carbocycles. The van der Waals surface area contributed by atoms with E-state index in [-0.39, 0.29) is 28.6 Å². The molecular formula is C12H11F3N4O7S2. The Hall–Kier alpha value is -2.88. The largest absolute Gasteiger partial charge is 0.478 e. The number of nitrogens with one attached hydrogen (secondary N) is 1. The van der Waals surface area contributed by atoms with E-state index in [4.69, 9.17) is 9.84 Å².